The predicted molar refractivity (Wildman–Crippen MR) is 111 cm³/mol. The fraction of sp³-hybridized carbons (Fsp3) is 0.100. The topological polar surface area (TPSA) is 67.9 Å². The Labute approximate surface area is 175 Å². The van der Waals surface area contributed by atoms with Gasteiger partial charge in [-0.15, -0.1) is 0 Å². The van der Waals surface area contributed by atoms with E-state index in [-0.39, 0.29) is 17.2 Å². The number of benzene rings is 2. The van der Waals surface area contributed by atoms with Gasteiger partial charge in [-0.25, -0.2) is 5.01 Å². The minimum atomic E-state index is -0.511. The van der Waals surface area contributed by atoms with Crippen molar-refractivity contribution in [3.8, 4) is 11.5 Å². The van der Waals surface area contributed by atoms with E-state index in [1.807, 2.05) is 6.07 Å². The second kappa shape index (κ2) is 8.50. The lowest BCUT2D eigenvalue weighted by Crippen LogP contribution is -2.35. The van der Waals surface area contributed by atoms with Crippen LogP contribution in [-0.4, -0.2) is 25.5 Å². The second-order valence-electron chi connectivity index (χ2n) is 5.70. The number of hydrogen-bond acceptors (Lipinski definition) is 4. The standard InChI is InChI=1S/C20H16BrClN2O4/c1-3-9-28-18-15(27-2)11-12(16(21)17(18)22)10-14-19(25)23-24(20(14)26)13-7-5-4-6-8-13/h3-8,10-11H,1,9H2,2H3,(H,23,25)/b14-10-. The maximum atomic E-state index is 12.7. The molecule has 2 aromatic rings. The van der Waals surface area contributed by atoms with Crippen molar-refractivity contribution in [2.45, 2.75) is 0 Å². The van der Waals surface area contributed by atoms with Crippen LogP contribution in [0.5, 0.6) is 11.5 Å². The number of nitrogens with zero attached hydrogens (tertiary/aromatic N) is 1. The van der Waals surface area contributed by atoms with Crippen LogP contribution in [0.15, 0.2) is 59.1 Å². The Balaban J connectivity index is 2.01. The first-order valence-electron chi connectivity index (χ1n) is 8.19. The van der Waals surface area contributed by atoms with E-state index in [2.05, 4.69) is 27.9 Å². The molecule has 0 aromatic heterocycles. The molecular formula is C20H16BrClN2O4. The SMILES string of the molecule is C=CCOc1c(OC)cc(/C=C2/C(=O)NN(c3ccccc3)C2=O)c(Br)c1Cl. The van der Waals surface area contributed by atoms with Crippen LogP contribution in [0.1, 0.15) is 5.56 Å². The number of carbonyl (C=O) groups is 2. The van der Waals surface area contributed by atoms with Gasteiger partial charge in [0.2, 0.25) is 0 Å². The molecule has 1 heterocycles. The van der Waals surface area contributed by atoms with E-state index in [4.69, 9.17) is 21.1 Å². The van der Waals surface area contributed by atoms with E-state index in [9.17, 15) is 9.59 Å². The quantitative estimate of drug-likeness (QED) is 0.397. The maximum Gasteiger partial charge on any atom is 0.282 e. The maximum absolute atomic E-state index is 12.7. The second-order valence-corrected chi connectivity index (χ2v) is 6.87. The molecule has 1 aliphatic heterocycles. The minimum Gasteiger partial charge on any atom is -0.493 e. The summed E-state index contributed by atoms with van der Waals surface area (Å²) in [7, 11) is 1.47. The highest BCUT2D eigenvalue weighted by atomic mass is 79.9. The van der Waals surface area contributed by atoms with Crippen LogP contribution < -0.4 is 19.9 Å². The molecule has 0 unspecified atom stereocenters. The lowest BCUT2D eigenvalue weighted by atomic mass is 10.1. The predicted octanol–water partition coefficient (Wildman–Crippen LogP) is 4.14. The first-order chi connectivity index (χ1) is 13.5. The van der Waals surface area contributed by atoms with E-state index >= 15 is 0 Å². The molecule has 144 valence electrons. The molecule has 0 radical (unpaired) electrons. The Bertz CT molecular complexity index is 976. The Morgan fingerprint density at radius 2 is 2.00 bits per heavy atom. The van der Waals surface area contributed by atoms with Crippen LogP contribution in [0.3, 0.4) is 0 Å². The van der Waals surface area contributed by atoms with Gasteiger partial charge in [-0.05, 0) is 45.8 Å². The van der Waals surface area contributed by atoms with Gasteiger partial charge >= 0.3 is 0 Å². The molecule has 3 rings (SSSR count). The number of anilines is 1. The lowest BCUT2D eigenvalue weighted by molar-refractivity contribution is -0.117. The molecular weight excluding hydrogens is 448 g/mol. The summed E-state index contributed by atoms with van der Waals surface area (Å²) in [4.78, 5) is 25.1. The third-order valence-corrected chi connectivity index (χ3v) is 5.37. The summed E-state index contributed by atoms with van der Waals surface area (Å²) in [6.45, 7) is 3.85. The number of nitrogens with one attached hydrogen (secondary N) is 1. The zero-order valence-corrected chi connectivity index (χ0v) is 17.2. The highest BCUT2D eigenvalue weighted by Crippen LogP contribution is 2.43. The van der Waals surface area contributed by atoms with E-state index in [0.717, 1.165) is 0 Å². The highest BCUT2D eigenvalue weighted by molar-refractivity contribution is 9.10. The number of methoxy groups -OCH3 is 1. The van der Waals surface area contributed by atoms with Crippen LogP contribution in [0, 0.1) is 0 Å². The van der Waals surface area contributed by atoms with Crippen molar-refractivity contribution in [1.29, 1.82) is 0 Å². The summed E-state index contributed by atoms with van der Waals surface area (Å²) in [6, 6.07) is 10.5. The van der Waals surface area contributed by atoms with Gasteiger partial charge in [0.05, 0.1) is 12.8 Å². The van der Waals surface area contributed by atoms with Crippen molar-refractivity contribution in [3.63, 3.8) is 0 Å². The molecule has 1 fully saturated rings. The molecule has 8 heteroatoms. The van der Waals surface area contributed by atoms with Gasteiger partial charge in [0.1, 0.15) is 17.2 Å². The van der Waals surface area contributed by atoms with Crippen molar-refractivity contribution in [2.75, 3.05) is 18.7 Å². The molecule has 0 bridgehead atoms. The molecule has 28 heavy (non-hydrogen) atoms. The number of amides is 2. The summed E-state index contributed by atoms with van der Waals surface area (Å²) < 4.78 is 11.4. The van der Waals surface area contributed by atoms with Gasteiger partial charge in [0.15, 0.2) is 11.5 Å². The molecule has 1 N–H and O–H groups in total. The summed E-state index contributed by atoms with van der Waals surface area (Å²) >= 11 is 9.79. The summed E-state index contributed by atoms with van der Waals surface area (Å²) in [5, 5.41) is 1.46. The molecule has 1 aliphatic rings. The molecule has 0 saturated carbocycles. The molecule has 2 aromatic carbocycles. The zero-order valence-electron chi connectivity index (χ0n) is 14.9. The van der Waals surface area contributed by atoms with Crippen molar-refractivity contribution in [1.82, 2.24) is 5.43 Å². The van der Waals surface area contributed by atoms with Crippen LogP contribution in [0.2, 0.25) is 5.02 Å². The lowest BCUT2D eigenvalue weighted by Gasteiger charge is -2.15. The largest absolute Gasteiger partial charge is 0.493 e. The van der Waals surface area contributed by atoms with Gasteiger partial charge in [0.25, 0.3) is 11.8 Å². The Morgan fingerprint density at radius 3 is 2.64 bits per heavy atom. The van der Waals surface area contributed by atoms with E-state index in [1.54, 1.807) is 36.4 Å². The number of carbonyl (C=O) groups excluding carboxylic acids is 2. The fourth-order valence-electron chi connectivity index (χ4n) is 2.61. The highest BCUT2D eigenvalue weighted by Gasteiger charge is 2.34. The molecule has 1 saturated heterocycles. The third kappa shape index (κ3) is 3.76. The minimum absolute atomic E-state index is 0.0255. The van der Waals surface area contributed by atoms with Crippen molar-refractivity contribution in [3.05, 3.63) is 69.7 Å². The molecule has 0 spiro atoms. The first kappa shape index (κ1) is 20.0. The van der Waals surface area contributed by atoms with E-state index in [0.29, 0.717) is 27.2 Å². The molecule has 0 aliphatic carbocycles. The van der Waals surface area contributed by atoms with Gasteiger partial charge in [0, 0.05) is 4.47 Å². The van der Waals surface area contributed by atoms with Crippen LogP contribution in [-0.2, 0) is 9.59 Å². The van der Waals surface area contributed by atoms with Crippen LogP contribution >= 0.6 is 27.5 Å². The molecule has 2 amide bonds. The average molecular weight is 464 g/mol. The van der Waals surface area contributed by atoms with Gasteiger partial charge < -0.3 is 9.47 Å². The fourth-order valence-corrected chi connectivity index (χ4v) is 3.28. The number of hydrazine groups is 1. The van der Waals surface area contributed by atoms with E-state index < -0.39 is 11.8 Å². The number of rotatable bonds is 6. The molecule has 0 atom stereocenters. The Kier molecular flexibility index (Phi) is 6.06. The third-order valence-electron chi connectivity index (χ3n) is 3.93. The number of hydrogen-bond donors (Lipinski definition) is 1. The average Bonchev–Trinajstić information content (AvgIpc) is 2.99. The molecule has 6 nitrogen and oxygen atoms in total. The Hall–Kier alpha value is -2.77. The van der Waals surface area contributed by atoms with Gasteiger partial charge in [-0.2, -0.15) is 0 Å². The van der Waals surface area contributed by atoms with Crippen LogP contribution in [0.4, 0.5) is 5.69 Å². The van der Waals surface area contributed by atoms with Crippen molar-refractivity contribution >= 4 is 51.1 Å². The summed E-state index contributed by atoms with van der Waals surface area (Å²) in [5.41, 5.74) is 3.59. The number of halogens is 2. The number of para-hydroxylation sites is 1. The van der Waals surface area contributed by atoms with E-state index in [1.165, 1.54) is 18.2 Å². The number of ether oxygens (including phenoxy) is 2. The Morgan fingerprint density at radius 1 is 1.29 bits per heavy atom. The van der Waals surface area contributed by atoms with Crippen LogP contribution in [0.25, 0.3) is 6.08 Å². The monoisotopic (exact) mass is 462 g/mol. The van der Waals surface area contributed by atoms with Crippen molar-refractivity contribution < 1.29 is 19.1 Å². The normalized spacial score (nSPS) is 15.0. The first-order valence-corrected chi connectivity index (χ1v) is 9.37. The smallest absolute Gasteiger partial charge is 0.282 e. The summed E-state index contributed by atoms with van der Waals surface area (Å²) in [5.74, 6) is -0.271. The zero-order chi connectivity index (χ0) is 20.3. The van der Waals surface area contributed by atoms with Gasteiger partial charge in [-0.1, -0.05) is 42.5 Å². The van der Waals surface area contributed by atoms with Gasteiger partial charge in [-0.3, -0.25) is 15.0 Å². The summed E-state index contributed by atoms with van der Waals surface area (Å²) in [6.07, 6.45) is 3.04. The van der Waals surface area contributed by atoms with Crippen molar-refractivity contribution in [2.24, 2.45) is 0 Å².